The highest BCUT2D eigenvalue weighted by Crippen LogP contribution is 2.38. The first-order valence-corrected chi connectivity index (χ1v) is 15.4. The number of aliphatic carboxylic acids is 1. The normalized spacial score (nSPS) is 23.2. The Labute approximate surface area is 247 Å². The van der Waals surface area contributed by atoms with E-state index in [1.54, 1.807) is 24.3 Å². The van der Waals surface area contributed by atoms with Crippen molar-refractivity contribution in [2.45, 2.75) is 69.5 Å². The number of nitriles is 1. The molecule has 9 heteroatoms. The fourth-order valence-corrected chi connectivity index (χ4v) is 7.24. The lowest BCUT2D eigenvalue weighted by Gasteiger charge is -2.35. The van der Waals surface area contributed by atoms with Gasteiger partial charge in [0.1, 0.15) is 11.9 Å². The van der Waals surface area contributed by atoms with Crippen molar-refractivity contribution < 1.29 is 19.1 Å². The van der Waals surface area contributed by atoms with Crippen LogP contribution >= 0.6 is 0 Å². The van der Waals surface area contributed by atoms with Crippen LogP contribution in [0.25, 0.3) is 0 Å². The Morgan fingerprint density at radius 3 is 2.43 bits per heavy atom. The van der Waals surface area contributed by atoms with Crippen molar-refractivity contribution in [3.05, 3.63) is 71.0 Å². The predicted molar refractivity (Wildman–Crippen MR) is 158 cm³/mol. The van der Waals surface area contributed by atoms with Crippen molar-refractivity contribution in [1.29, 1.82) is 5.26 Å². The molecule has 0 unspecified atom stereocenters. The third kappa shape index (κ3) is 7.67. The van der Waals surface area contributed by atoms with Gasteiger partial charge in [-0.05, 0) is 72.9 Å². The van der Waals surface area contributed by atoms with E-state index in [-0.39, 0.29) is 35.6 Å². The molecule has 2 saturated heterocycles. The summed E-state index contributed by atoms with van der Waals surface area (Å²) in [4.78, 5) is 29.6. The number of amides is 2. The lowest BCUT2D eigenvalue weighted by molar-refractivity contribution is -0.145. The first kappa shape index (κ1) is 30.0. The lowest BCUT2D eigenvalue weighted by atomic mass is 9.83. The van der Waals surface area contributed by atoms with Crippen LogP contribution in [0.15, 0.2) is 48.5 Å². The van der Waals surface area contributed by atoms with Crippen LogP contribution in [-0.4, -0.2) is 71.7 Å². The molecule has 0 spiro atoms. The van der Waals surface area contributed by atoms with E-state index in [0.29, 0.717) is 25.2 Å². The molecule has 2 heterocycles. The Bertz CT molecular complexity index is 1250. The summed E-state index contributed by atoms with van der Waals surface area (Å²) < 4.78 is 14.2. The maximum absolute atomic E-state index is 14.2. The van der Waals surface area contributed by atoms with E-state index >= 15 is 0 Å². The fourth-order valence-electron chi connectivity index (χ4n) is 7.24. The van der Waals surface area contributed by atoms with Gasteiger partial charge in [-0.1, -0.05) is 43.5 Å². The number of carboxylic acid groups (broad SMARTS) is 1. The number of likely N-dealkylation sites (tertiary alicyclic amines) is 2. The van der Waals surface area contributed by atoms with Gasteiger partial charge in [-0.3, -0.25) is 9.69 Å². The van der Waals surface area contributed by atoms with Crippen LogP contribution in [0.2, 0.25) is 0 Å². The third-order valence-electron chi connectivity index (χ3n) is 9.44. The molecule has 0 bridgehead atoms. The van der Waals surface area contributed by atoms with E-state index < -0.39 is 12.0 Å². The summed E-state index contributed by atoms with van der Waals surface area (Å²) in [7, 11) is 0. The molecule has 2 aromatic rings. The van der Waals surface area contributed by atoms with Crippen LogP contribution in [0.3, 0.4) is 0 Å². The number of benzene rings is 2. The number of carbonyl (C=O) groups is 2. The number of carbonyl (C=O) groups excluding carboxylic acids is 1. The first-order valence-electron chi connectivity index (χ1n) is 15.4. The van der Waals surface area contributed by atoms with Crippen molar-refractivity contribution in [3.63, 3.8) is 0 Å². The van der Waals surface area contributed by atoms with E-state index in [1.165, 1.54) is 12.5 Å². The molecule has 2 amide bonds. The van der Waals surface area contributed by atoms with E-state index in [0.717, 1.165) is 69.3 Å². The Kier molecular flexibility index (Phi) is 10.1. The quantitative estimate of drug-likeness (QED) is 0.400. The van der Waals surface area contributed by atoms with E-state index in [4.69, 9.17) is 5.26 Å². The molecule has 2 aliphatic heterocycles. The molecule has 0 aromatic heterocycles. The van der Waals surface area contributed by atoms with Gasteiger partial charge < -0.3 is 20.6 Å². The molecule has 224 valence electrons. The van der Waals surface area contributed by atoms with Crippen LogP contribution in [0.4, 0.5) is 9.18 Å². The van der Waals surface area contributed by atoms with Crippen LogP contribution in [0.5, 0.6) is 0 Å². The molecule has 42 heavy (non-hydrogen) atoms. The predicted octanol–water partition coefficient (Wildman–Crippen LogP) is 4.71. The maximum atomic E-state index is 14.2. The van der Waals surface area contributed by atoms with E-state index in [2.05, 4.69) is 26.5 Å². The minimum absolute atomic E-state index is 0.0787. The van der Waals surface area contributed by atoms with E-state index in [1.807, 2.05) is 18.2 Å². The molecule has 3 atom stereocenters. The van der Waals surface area contributed by atoms with Crippen LogP contribution in [-0.2, 0) is 11.3 Å². The van der Waals surface area contributed by atoms with Gasteiger partial charge in [0.2, 0.25) is 0 Å². The third-order valence-corrected chi connectivity index (χ3v) is 9.44. The van der Waals surface area contributed by atoms with Crippen molar-refractivity contribution >= 4 is 12.0 Å². The lowest BCUT2D eigenvalue weighted by Crippen LogP contribution is -2.49. The van der Waals surface area contributed by atoms with Gasteiger partial charge in [-0.15, -0.1) is 0 Å². The zero-order valence-electron chi connectivity index (χ0n) is 24.2. The number of hydrogen-bond donors (Lipinski definition) is 3. The topological polar surface area (TPSA) is 109 Å². The van der Waals surface area contributed by atoms with Crippen LogP contribution in [0.1, 0.15) is 67.6 Å². The number of nitrogens with zero attached hydrogens (tertiary/aromatic N) is 3. The Morgan fingerprint density at radius 2 is 1.76 bits per heavy atom. The Hall–Kier alpha value is -3.48. The molecular formula is C33H42FN5O3. The van der Waals surface area contributed by atoms with Gasteiger partial charge in [0.15, 0.2) is 0 Å². The minimum atomic E-state index is -0.732. The number of nitrogens with one attached hydrogen (secondary N) is 2. The van der Waals surface area contributed by atoms with Gasteiger partial charge in [-0.25, -0.2) is 9.18 Å². The second-order valence-corrected chi connectivity index (χ2v) is 12.3. The molecule has 1 aliphatic carbocycles. The van der Waals surface area contributed by atoms with Gasteiger partial charge in [-0.2, -0.15) is 5.26 Å². The Morgan fingerprint density at radius 1 is 1.02 bits per heavy atom. The van der Waals surface area contributed by atoms with Gasteiger partial charge in [0, 0.05) is 51.2 Å². The zero-order valence-corrected chi connectivity index (χ0v) is 24.2. The summed E-state index contributed by atoms with van der Waals surface area (Å²) in [5, 5.41) is 25.2. The monoisotopic (exact) mass is 575 g/mol. The average Bonchev–Trinajstić information content (AvgIpc) is 3.40. The summed E-state index contributed by atoms with van der Waals surface area (Å²) in [6.45, 7) is 4.25. The van der Waals surface area contributed by atoms with Gasteiger partial charge >= 0.3 is 12.0 Å². The smallest absolute Gasteiger partial charge is 0.321 e. The van der Waals surface area contributed by atoms with Gasteiger partial charge in [0.25, 0.3) is 0 Å². The molecule has 3 N–H and O–H groups in total. The number of carboxylic acids is 1. The van der Waals surface area contributed by atoms with Gasteiger partial charge in [0.05, 0.1) is 11.6 Å². The summed E-state index contributed by atoms with van der Waals surface area (Å²) in [5.74, 6) is -0.526. The highest BCUT2D eigenvalue weighted by atomic mass is 19.1. The minimum Gasteiger partial charge on any atom is -0.480 e. The van der Waals surface area contributed by atoms with Crippen LogP contribution in [0, 0.1) is 29.0 Å². The molecule has 0 radical (unpaired) electrons. The highest BCUT2D eigenvalue weighted by Gasteiger charge is 2.43. The number of piperidine rings is 1. The summed E-state index contributed by atoms with van der Waals surface area (Å²) in [5.41, 5.74) is 2.48. The standard InChI is InChI=1S/C33H42FN5O3/c34-28-8-4-7-26(17-28)30-22-39(31(32(40)41)25-5-2-1-3-6-25)21-27(30)20-38-15-13-29(14-16-38)37-33(42)36-19-24-11-9-23(18-35)10-12-24/h4,7-12,17,25,27,29-31H,1-3,5-6,13-16,19-22H2,(H,40,41)(H2,36,37,42)/t27-,30+,31+/m0/s1. The second kappa shape index (κ2) is 14.1. The Balaban J connectivity index is 1.16. The second-order valence-electron chi connectivity index (χ2n) is 12.3. The van der Waals surface area contributed by atoms with Crippen LogP contribution < -0.4 is 10.6 Å². The van der Waals surface area contributed by atoms with Crippen molar-refractivity contribution in [3.8, 4) is 6.07 Å². The molecule has 3 fully saturated rings. The van der Waals surface area contributed by atoms with Crippen molar-refractivity contribution in [2.75, 3.05) is 32.7 Å². The SMILES string of the molecule is N#Cc1ccc(CNC(=O)NC2CCN(C[C@H]3CN([C@@H](C(=O)O)C4CCCCC4)C[C@@H]3c3cccc(F)c3)CC2)cc1. The summed E-state index contributed by atoms with van der Waals surface area (Å²) in [6.07, 6.45) is 6.97. The van der Waals surface area contributed by atoms with Crippen molar-refractivity contribution in [2.24, 2.45) is 11.8 Å². The number of rotatable bonds is 9. The van der Waals surface area contributed by atoms with Crippen molar-refractivity contribution in [1.82, 2.24) is 20.4 Å². The first-order chi connectivity index (χ1) is 20.4. The summed E-state index contributed by atoms with van der Waals surface area (Å²) >= 11 is 0. The molecule has 3 aliphatic rings. The van der Waals surface area contributed by atoms with E-state index in [9.17, 15) is 19.1 Å². The number of hydrogen-bond acceptors (Lipinski definition) is 5. The molecule has 2 aromatic carbocycles. The fraction of sp³-hybridized carbons (Fsp3) is 0.545. The molecule has 1 saturated carbocycles. The molecular weight excluding hydrogens is 533 g/mol. The zero-order chi connectivity index (χ0) is 29.5. The number of halogens is 1. The number of urea groups is 1. The largest absolute Gasteiger partial charge is 0.480 e. The molecule has 5 rings (SSSR count). The average molecular weight is 576 g/mol. The summed E-state index contributed by atoms with van der Waals surface area (Å²) in [6, 6.07) is 15.5. The maximum Gasteiger partial charge on any atom is 0.321 e. The highest BCUT2D eigenvalue weighted by molar-refractivity contribution is 5.74. The molecule has 8 nitrogen and oxygen atoms in total.